The van der Waals surface area contributed by atoms with Crippen molar-refractivity contribution in [3.05, 3.63) is 52.5 Å². The number of hydrogen-bond acceptors (Lipinski definition) is 6. The number of amides is 1. The molecule has 3 aromatic heterocycles. The number of aromatic nitrogens is 2. The zero-order chi connectivity index (χ0) is 14.7. The SMILES string of the molecule is Cc1cc(Nc2ccc(NC(=O)c3cccs3)nc2)no1. The van der Waals surface area contributed by atoms with Gasteiger partial charge in [-0.2, -0.15) is 0 Å². The Hall–Kier alpha value is -2.67. The molecule has 106 valence electrons. The normalized spacial score (nSPS) is 10.3. The predicted molar refractivity (Wildman–Crippen MR) is 81.0 cm³/mol. The van der Waals surface area contributed by atoms with Crippen LogP contribution in [0.25, 0.3) is 0 Å². The molecular formula is C14H12N4O2S. The second-order valence-electron chi connectivity index (χ2n) is 4.31. The van der Waals surface area contributed by atoms with Crippen LogP contribution in [0.2, 0.25) is 0 Å². The van der Waals surface area contributed by atoms with Gasteiger partial charge in [-0.3, -0.25) is 4.79 Å². The number of aryl methyl sites for hydroxylation is 1. The van der Waals surface area contributed by atoms with Gasteiger partial charge in [0.05, 0.1) is 16.8 Å². The molecule has 1 amide bonds. The fourth-order valence-corrected chi connectivity index (χ4v) is 2.32. The van der Waals surface area contributed by atoms with Crippen LogP contribution in [0.15, 0.2) is 46.4 Å². The maximum atomic E-state index is 11.9. The molecule has 0 atom stereocenters. The summed E-state index contributed by atoms with van der Waals surface area (Å²) in [5.41, 5.74) is 0.762. The molecule has 0 saturated carbocycles. The van der Waals surface area contributed by atoms with Gasteiger partial charge < -0.3 is 15.2 Å². The second-order valence-corrected chi connectivity index (χ2v) is 5.26. The summed E-state index contributed by atoms with van der Waals surface area (Å²) in [5, 5.41) is 11.5. The Morgan fingerprint density at radius 3 is 2.81 bits per heavy atom. The van der Waals surface area contributed by atoms with Gasteiger partial charge in [0.25, 0.3) is 5.91 Å². The van der Waals surface area contributed by atoms with E-state index in [4.69, 9.17) is 4.52 Å². The molecule has 0 bridgehead atoms. The van der Waals surface area contributed by atoms with Crippen molar-refractivity contribution in [1.29, 1.82) is 0 Å². The summed E-state index contributed by atoms with van der Waals surface area (Å²) in [5.74, 6) is 1.68. The van der Waals surface area contributed by atoms with E-state index in [1.165, 1.54) is 11.3 Å². The lowest BCUT2D eigenvalue weighted by Gasteiger charge is -2.05. The molecule has 2 N–H and O–H groups in total. The van der Waals surface area contributed by atoms with Gasteiger partial charge in [0.2, 0.25) is 0 Å². The largest absolute Gasteiger partial charge is 0.360 e. The first-order valence-electron chi connectivity index (χ1n) is 6.22. The van der Waals surface area contributed by atoms with Gasteiger partial charge in [0, 0.05) is 6.07 Å². The maximum Gasteiger partial charge on any atom is 0.266 e. The molecule has 0 unspecified atom stereocenters. The molecule has 6 nitrogen and oxygen atoms in total. The van der Waals surface area contributed by atoms with Crippen LogP contribution in [0, 0.1) is 6.92 Å². The Kier molecular flexibility index (Phi) is 3.65. The predicted octanol–water partition coefficient (Wildman–Crippen LogP) is 3.44. The molecule has 0 spiro atoms. The van der Waals surface area contributed by atoms with Gasteiger partial charge in [-0.05, 0) is 30.5 Å². The van der Waals surface area contributed by atoms with E-state index < -0.39 is 0 Å². The van der Waals surface area contributed by atoms with E-state index in [1.807, 2.05) is 18.4 Å². The summed E-state index contributed by atoms with van der Waals surface area (Å²) < 4.78 is 4.97. The van der Waals surface area contributed by atoms with Gasteiger partial charge >= 0.3 is 0 Å². The third-order valence-corrected chi connectivity index (χ3v) is 3.52. The molecule has 0 radical (unpaired) electrons. The quantitative estimate of drug-likeness (QED) is 0.771. The minimum atomic E-state index is -0.162. The van der Waals surface area contributed by atoms with E-state index in [9.17, 15) is 4.79 Å². The molecule has 0 fully saturated rings. The minimum absolute atomic E-state index is 0.162. The number of nitrogens with zero attached hydrogens (tertiary/aromatic N) is 2. The van der Waals surface area contributed by atoms with E-state index >= 15 is 0 Å². The van der Waals surface area contributed by atoms with Crippen molar-refractivity contribution in [2.75, 3.05) is 10.6 Å². The molecule has 0 aliphatic heterocycles. The second kappa shape index (κ2) is 5.76. The number of hydrogen-bond donors (Lipinski definition) is 2. The first-order chi connectivity index (χ1) is 10.2. The van der Waals surface area contributed by atoms with E-state index in [1.54, 1.807) is 30.5 Å². The summed E-state index contributed by atoms with van der Waals surface area (Å²) in [7, 11) is 0. The Labute approximate surface area is 124 Å². The van der Waals surface area contributed by atoms with E-state index in [0.29, 0.717) is 16.5 Å². The van der Waals surface area contributed by atoms with Crippen molar-refractivity contribution < 1.29 is 9.32 Å². The smallest absolute Gasteiger partial charge is 0.266 e. The highest BCUT2D eigenvalue weighted by atomic mass is 32.1. The zero-order valence-electron chi connectivity index (χ0n) is 11.2. The van der Waals surface area contributed by atoms with E-state index in [-0.39, 0.29) is 5.91 Å². The zero-order valence-corrected chi connectivity index (χ0v) is 12.0. The molecular weight excluding hydrogens is 288 g/mol. The summed E-state index contributed by atoms with van der Waals surface area (Å²) in [6.07, 6.45) is 1.62. The molecule has 0 aromatic carbocycles. The number of rotatable bonds is 4. The van der Waals surface area contributed by atoms with Crippen LogP contribution < -0.4 is 10.6 Å². The van der Waals surface area contributed by atoms with Crippen LogP contribution in [0.1, 0.15) is 15.4 Å². The summed E-state index contributed by atoms with van der Waals surface area (Å²) in [6, 6.07) is 8.91. The van der Waals surface area contributed by atoms with E-state index in [2.05, 4.69) is 20.8 Å². The number of carbonyl (C=O) groups excluding carboxylic acids is 1. The van der Waals surface area contributed by atoms with Crippen molar-refractivity contribution in [2.24, 2.45) is 0 Å². The summed E-state index contributed by atoms with van der Waals surface area (Å²) in [4.78, 5) is 16.7. The Morgan fingerprint density at radius 1 is 1.29 bits per heavy atom. The Bertz CT molecular complexity index is 735. The van der Waals surface area contributed by atoms with Crippen LogP contribution in [0.5, 0.6) is 0 Å². The van der Waals surface area contributed by atoms with Crippen molar-refractivity contribution in [3.63, 3.8) is 0 Å². The summed E-state index contributed by atoms with van der Waals surface area (Å²) in [6.45, 7) is 1.82. The lowest BCUT2D eigenvalue weighted by molar-refractivity contribution is 0.103. The van der Waals surface area contributed by atoms with Crippen LogP contribution in [-0.4, -0.2) is 16.0 Å². The average molecular weight is 300 g/mol. The van der Waals surface area contributed by atoms with Crippen LogP contribution >= 0.6 is 11.3 Å². The molecule has 3 rings (SSSR count). The Balaban J connectivity index is 1.65. The van der Waals surface area contributed by atoms with Gasteiger partial charge in [0.1, 0.15) is 11.6 Å². The molecule has 3 heterocycles. The van der Waals surface area contributed by atoms with Crippen molar-refractivity contribution in [3.8, 4) is 0 Å². The maximum absolute atomic E-state index is 11.9. The lowest BCUT2D eigenvalue weighted by atomic mass is 10.3. The highest BCUT2D eigenvalue weighted by Gasteiger charge is 2.07. The van der Waals surface area contributed by atoms with Gasteiger partial charge in [-0.15, -0.1) is 11.3 Å². The number of thiophene rings is 1. The Morgan fingerprint density at radius 2 is 2.19 bits per heavy atom. The van der Waals surface area contributed by atoms with Crippen molar-refractivity contribution >= 4 is 34.6 Å². The molecule has 7 heteroatoms. The third kappa shape index (κ3) is 3.26. The average Bonchev–Trinajstić information content (AvgIpc) is 3.13. The van der Waals surface area contributed by atoms with Crippen molar-refractivity contribution in [1.82, 2.24) is 10.1 Å². The number of pyridine rings is 1. The standard InChI is InChI=1S/C14H12N4O2S/c1-9-7-13(18-20-9)16-10-4-5-12(15-8-10)17-14(19)11-3-2-6-21-11/h2-8H,1H3,(H,16,18)(H,15,17,19). The lowest BCUT2D eigenvalue weighted by Crippen LogP contribution is -2.11. The van der Waals surface area contributed by atoms with Gasteiger partial charge in [-0.1, -0.05) is 11.2 Å². The number of anilines is 3. The molecule has 21 heavy (non-hydrogen) atoms. The minimum Gasteiger partial charge on any atom is -0.360 e. The number of carbonyl (C=O) groups is 1. The van der Waals surface area contributed by atoms with Gasteiger partial charge in [-0.25, -0.2) is 4.98 Å². The topological polar surface area (TPSA) is 80.0 Å². The van der Waals surface area contributed by atoms with Crippen molar-refractivity contribution in [2.45, 2.75) is 6.92 Å². The fraction of sp³-hybridized carbons (Fsp3) is 0.0714. The molecule has 0 saturated heterocycles. The fourth-order valence-electron chi connectivity index (χ4n) is 1.70. The number of nitrogens with one attached hydrogen (secondary N) is 2. The highest BCUT2D eigenvalue weighted by molar-refractivity contribution is 7.12. The monoisotopic (exact) mass is 300 g/mol. The molecule has 0 aliphatic rings. The third-order valence-electron chi connectivity index (χ3n) is 2.65. The summed E-state index contributed by atoms with van der Waals surface area (Å²) >= 11 is 1.39. The van der Waals surface area contributed by atoms with Crippen LogP contribution in [0.4, 0.5) is 17.3 Å². The first-order valence-corrected chi connectivity index (χ1v) is 7.10. The first kappa shape index (κ1) is 13.3. The van der Waals surface area contributed by atoms with Crippen LogP contribution in [-0.2, 0) is 0 Å². The highest BCUT2D eigenvalue weighted by Crippen LogP contribution is 2.17. The molecule has 0 aliphatic carbocycles. The van der Waals surface area contributed by atoms with E-state index in [0.717, 1.165) is 11.4 Å². The van der Waals surface area contributed by atoms with Crippen LogP contribution in [0.3, 0.4) is 0 Å². The molecule has 3 aromatic rings. The van der Waals surface area contributed by atoms with Gasteiger partial charge in [0.15, 0.2) is 5.82 Å².